The van der Waals surface area contributed by atoms with Crippen molar-refractivity contribution < 1.29 is 28.6 Å². The van der Waals surface area contributed by atoms with Gasteiger partial charge >= 0.3 is 0 Å². The number of carbonyl (C=O) groups excluding carboxylic acids is 3. The van der Waals surface area contributed by atoms with Gasteiger partial charge in [0, 0.05) is 72.8 Å². The third kappa shape index (κ3) is 14.3. The number of amides is 3. The van der Waals surface area contributed by atoms with E-state index < -0.39 is 35.5 Å². The number of thiazole rings is 1. The van der Waals surface area contributed by atoms with E-state index in [4.69, 9.17) is 38.8 Å². The first-order valence-corrected chi connectivity index (χ1v) is 28.1. The van der Waals surface area contributed by atoms with Crippen LogP contribution in [0.4, 0.5) is 10.2 Å². The summed E-state index contributed by atoms with van der Waals surface area (Å²) in [6.45, 7) is 10.4. The van der Waals surface area contributed by atoms with Gasteiger partial charge in [-0.25, -0.2) is 14.4 Å². The molecule has 2 fully saturated rings. The number of nitrogens with one attached hydrogen (secondary N) is 2. The summed E-state index contributed by atoms with van der Waals surface area (Å²) in [6.07, 6.45) is 17.2. The normalized spacial score (nSPS) is 18.6. The highest BCUT2D eigenvalue weighted by Crippen LogP contribution is 2.39. The van der Waals surface area contributed by atoms with Crippen molar-refractivity contribution in [3.05, 3.63) is 111 Å². The molecule has 3 amide bonds. The van der Waals surface area contributed by atoms with Gasteiger partial charge in [-0.1, -0.05) is 99.1 Å². The van der Waals surface area contributed by atoms with Gasteiger partial charge in [-0.05, 0) is 99.5 Å². The van der Waals surface area contributed by atoms with Gasteiger partial charge in [0.15, 0.2) is 11.6 Å². The number of nitrogens with two attached hydrogens (primary N) is 1. The molecule has 406 valence electrons. The Hall–Kier alpha value is -5.95. The number of anilines is 1. The number of β-amino-alcohol motifs (C(OH)–C–C–N with tert-alkyl or cyclic N) is 1. The molecule has 1 saturated carbocycles. The van der Waals surface area contributed by atoms with Crippen molar-refractivity contribution in [1.29, 1.82) is 0 Å². The van der Waals surface area contributed by atoms with E-state index >= 15 is 0 Å². The molecule has 8 rings (SSSR count). The van der Waals surface area contributed by atoms with Crippen LogP contribution in [-0.2, 0) is 33.9 Å². The summed E-state index contributed by atoms with van der Waals surface area (Å²) in [7, 11) is 0. The molecule has 0 radical (unpaired) electrons. The number of nitrogens with zero attached hydrogens (tertiary/aromatic N) is 8. The Morgan fingerprint density at radius 1 is 0.974 bits per heavy atom. The van der Waals surface area contributed by atoms with E-state index in [0.29, 0.717) is 28.7 Å². The molecule has 16 nitrogen and oxygen atoms in total. The SMILES string of the molecule is Cc1ncsc1-c1ccc(CNC(=O)[C@@H]2C[C@@H](O)CN2C(=O)C(NC(=O)CCCCCCn2cc(CCCC3CCCC(n4cc(-c5cnc(N)c(OC(C)c6c(Cl)ccc(F)c6Cl)c5)cn4)C3)nn2)C(C)(C)C)cc1. The lowest BCUT2D eigenvalue weighted by molar-refractivity contribution is -0.144. The molecular weight excluding hydrogens is 1030 g/mol. The van der Waals surface area contributed by atoms with Crippen LogP contribution in [0.15, 0.2) is 72.8 Å². The highest BCUT2D eigenvalue weighted by atomic mass is 35.5. The third-order valence-electron chi connectivity index (χ3n) is 14.6. The average molecular weight is 1100 g/mol. The molecule has 76 heavy (non-hydrogen) atoms. The first kappa shape index (κ1) is 56.3. The van der Waals surface area contributed by atoms with Gasteiger partial charge in [0.25, 0.3) is 0 Å². The molecule has 1 aliphatic carbocycles. The number of likely N-dealkylation sites (tertiary alicyclic amines) is 1. The number of aliphatic hydroxyl groups excluding tert-OH is 1. The predicted octanol–water partition coefficient (Wildman–Crippen LogP) is 10.7. The maximum atomic E-state index is 14.2. The summed E-state index contributed by atoms with van der Waals surface area (Å²) in [5, 5.41) is 30.4. The van der Waals surface area contributed by atoms with Gasteiger partial charge in [-0.15, -0.1) is 16.4 Å². The van der Waals surface area contributed by atoms with Crippen molar-refractivity contribution in [2.75, 3.05) is 12.3 Å². The number of aryl methyl sites for hydroxylation is 3. The van der Waals surface area contributed by atoms with Crippen LogP contribution in [0.25, 0.3) is 21.6 Å². The lowest BCUT2D eigenvalue weighted by Crippen LogP contribution is -2.57. The molecule has 0 bridgehead atoms. The number of unbranched alkanes of at least 4 members (excludes halogenated alkanes) is 3. The molecule has 20 heteroatoms. The fraction of sp³-hybridized carbons (Fsp3) is 0.500. The molecule has 0 spiro atoms. The Morgan fingerprint density at radius 2 is 1.76 bits per heavy atom. The average Bonchev–Trinajstić information content (AvgIpc) is 4.26. The number of rotatable bonds is 22. The predicted molar refractivity (Wildman–Crippen MR) is 294 cm³/mol. The van der Waals surface area contributed by atoms with Crippen molar-refractivity contribution in [2.24, 2.45) is 11.3 Å². The number of carbonyl (C=O) groups is 3. The van der Waals surface area contributed by atoms with Gasteiger partial charge in [-0.2, -0.15) is 5.10 Å². The van der Waals surface area contributed by atoms with Crippen LogP contribution in [0, 0.1) is 24.1 Å². The maximum absolute atomic E-state index is 14.2. The topological polar surface area (TPSA) is 208 Å². The number of ether oxygens (including phenoxy) is 1. The number of halogens is 3. The molecule has 6 aromatic rings. The standard InChI is InChI=1S/C56H70Cl2FN11O5S/c1-34-51(76-33-63-34)38-19-17-37(18-20-38)27-62-54(73)46-26-43(71)32-69(46)55(74)52(56(3,4)5)65-48(72)16-8-6-7-9-23-68-31-41(66-67-68)14-10-12-36-13-11-15-42(24-36)70-30-40(29-64-70)39-25-47(53(60)61-28-39)75-35(2)49-44(57)21-22-45(59)50(49)58/h17-22,25,28-31,33,35-36,42-43,46,52,71H,6-16,23-24,26-27,32H2,1-5H3,(H2,60,61)(H,62,73)(H,65,72)/t35?,36?,42?,43-,46+,52?/m1/s1. The van der Waals surface area contributed by atoms with Gasteiger partial charge in [0.2, 0.25) is 17.7 Å². The quantitative estimate of drug-likeness (QED) is 0.0371. The lowest BCUT2D eigenvalue weighted by atomic mass is 9.82. The molecule has 5 N–H and O–H groups in total. The summed E-state index contributed by atoms with van der Waals surface area (Å²) in [5.74, 6) is -0.399. The third-order valence-corrected chi connectivity index (χ3v) is 16.3. The number of aliphatic hydroxyl groups is 1. The monoisotopic (exact) mass is 1100 g/mol. The smallest absolute Gasteiger partial charge is 0.246 e. The fourth-order valence-corrected chi connectivity index (χ4v) is 11.9. The zero-order valence-electron chi connectivity index (χ0n) is 44.0. The van der Waals surface area contributed by atoms with Crippen LogP contribution < -0.4 is 21.1 Å². The molecule has 2 aromatic carbocycles. The van der Waals surface area contributed by atoms with E-state index in [1.807, 2.05) is 80.7 Å². The Kier molecular flexibility index (Phi) is 18.9. The second kappa shape index (κ2) is 25.5. The van der Waals surface area contributed by atoms with E-state index in [1.54, 1.807) is 30.5 Å². The van der Waals surface area contributed by atoms with Crippen molar-refractivity contribution in [3.63, 3.8) is 0 Å². The number of nitrogen functional groups attached to an aromatic ring is 1. The van der Waals surface area contributed by atoms with Gasteiger partial charge in [-0.3, -0.25) is 23.7 Å². The van der Waals surface area contributed by atoms with Crippen LogP contribution in [0.1, 0.15) is 139 Å². The second-order valence-electron chi connectivity index (χ2n) is 21.5. The van der Waals surface area contributed by atoms with Crippen LogP contribution >= 0.6 is 34.5 Å². The highest BCUT2D eigenvalue weighted by molar-refractivity contribution is 7.13. The van der Waals surface area contributed by atoms with Crippen LogP contribution in [-0.4, -0.2) is 87.2 Å². The number of pyridine rings is 1. The Bertz CT molecular complexity index is 2940. The number of aromatic nitrogens is 7. The summed E-state index contributed by atoms with van der Waals surface area (Å²) < 4.78 is 24.3. The number of benzene rings is 2. The molecule has 6 atom stereocenters. The maximum Gasteiger partial charge on any atom is 0.246 e. The fourth-order valence-electron chi connectivity index (χ4n) is 10.4. The molecular formula is C56H70Cl2FN11O5S. The van der Waals surface area contributed by atoms with Gasteiger partial charge in [0.05, 0.1) is 45.1 Å². The molecule has 4 aromatic heterocycles. The summed E-state index contributed by atoms with van der Waals surface area (Å²) in [6, 6.07) is 11.0. The Labute approximate surface area is 458 Å². The van der Waals surface area contributed by atoms with Crippen LogP contribution in [0.5, 0.6) is 5.75 Å². The van der Waals surface area contributed by atoms with Crippen molar-refractivity contribution in [3.8, 4) is 27.3 Å². The van der Waals surface area contributed by atoms with Crippen LogP contribution in [0.2, 0.25) is 10.0 Å². The van der Waals surface area contributed by atoms with Crippen LogP contribution in [0.3, 0.4) is 0 Å². The van der Waals surface area contributed by atoms with Gasteiger partial charge < -0.3 is 31.1 Å². The first-order valence-electron chi connectivity index (χ1n) is 26.5. The molecule has 1 saturated heterocycles. The van der Waals surface area contributed by atoms with Crippen molar-refractivity contribution in [2.45, 2.75) is 162 Å². The molecule has 2 aliphatic rings. The Balaban J connectivity index is 0.724. The summed E-state index contributed by atoms with van der Waals surface area (Å²) in [5.41, 5.74) is 13.3. The summed E-state index contributed by atoms with van der Waals surface area (Å²) in [4.78, 5) is 52.1. The molecule has 1 aliphatic heterocycles. The van der Waals surface area contributed by atoms with Crippen molar-refractivity contribution in [1.82, 2.24) is 50.3 Å². The number of hydrogen-bond acceptors (Lipinski definition) is 12. The van der Waals surface area contributed by atoms with Gasteiger partial charge in [0.1, 0.15) is 24.0 Å². The lowest BCUT2D eigenvalue weighted by Gasteiger charge is -2.35. The van der Waals surface area contributed by atoms with E-state index in [-0.39, 0.29) is 60.5 Å². The minimum atomic E-state index is -0.869. The van der Waals surface area contributed by atoms with Crippen molar-refractivity contribution >= 4 is 58.1 Å². The first-order chi connectivity index (χ1) is 36.4. The highest BCUT2D eigenvalue weighted by Gasteiger charge is 2.44. The van der Waals surface area contributed by atoms with E-state index in [1.165, 1.54) is 23.5 Å². The molecule has 4 unspecified atom stereocenters. The van der Waals surface area contributed by atoms with E-state index in [0.717, 1.165) is 103 Å². The minimum Gasteiger partial charge on any atom is -0.482 e. The molecule has 5 heterocycles. The van der Waals surface area contributed by atoms with E-state index in [9.17, 15) is 23.9 Å². The zero-order valence-corrected chi connectivity index (χ0v) is 46.3. The largest absolute Gasteiger partial charge is 0.482 e. The second-order valence-corrected chi connectivity index (χ2v) is 23.1. The zero-order chi connectivity index (χ0) is 54.1. The van der Waals surface area contributed by atoms with E-state index in [2.05, 4.69) is 35.6 Å². The summed E-state index contributed by atoms with van der Waals surface area (Å²) >= 11 is 14.2. The number of hydrogen-bond donors (Lipinski definition) is 4. The Morgan fingerprint density at radius 3 is 2.53 bits per heavy atom. The minimum absolute atomic E-state index is 0.0232.